The Morgan fingerprint density at radius 2 is 1.88 bits per heavy atom. The number of fused-ring (bicyclic) bond motifs is 1. The Morgan fingerprint density at radius 1 is 1.16 bits per heavy atom. The van der Waals surface area contributed by atoms with Crippen molar-refractivity contribution in [1.82, 2.24) is 9.88 Å². The van der Waals surface area contributed by atoms with Gasteiger partial charge in [-0.05, 0) is 24.2 Å². The number of nitrogens with zero attached hydrogens (tertiary/aromatic N) is 2. The lowest BCUT2D eigenvalue weighted by Gasteiger charge is -2.25. The van der Waals surface area contributed by atoms with Crippen LogP contribution in [0.3, 0.4) is 0 Å². The number of carboxylic acid groups (broad SMARTS) is 1. The van der Waals surface area contributed by atoms with Gasteiger partial charge in [-0.3, -0.25) is 9.69 Å². The summed E-state index contributed by atoms with van der Waals surface area (Å²) in [6, 6.07) is 14.1. The predicted molar refractivity (Wildman–Crippen MR) is 100 cm³/mol. The molecule has 0 saturated carbocycles. The van der Waals surface area contributed by atoms with Gasteiger partial charge in [0.25, 0.3) is 0 Å². The molecule has 3 aromatic rings. The minimum Gasteiger partial charge on any atom is -0.480 e. The fourth-order valence-electron chi connectivity index (χ4n) is 2.92. The Balaban J connectivity index is 1.91. The second-order valence-corrected chi connectivity index (χ2v) is 6.61. The Labute approximate surface area is 155 Å². The summed E-state index contributed by atoms with van der Waals surface area (Å²) in [6.07, 6.45) is 1.52. The first kappa shape index (κ1) is 17.7. The highest BCUT2D eigenvalue weighted by Gasteiger charge is 2.24. The zero-order chi connectivity index (χ0) is 18.0. The third-order valence-electron chi connectivity index (χ3n) is 4.08. The van der Waals surface area contributed by atoms with Crippen molar-refractivity contribution in [2.75, 3.05) is 7.05 Å². The Bertz CT molecular complexity index is 916. The number of likely N-dealkylation sites (N-methyl/N-ethyl adjacent to an activating group) is 1. The molecule has 0 bridgehead atoms. The maximum absolute atomic E-state index is 11.8. The molecule has 1 aromatic heterocycles. The number of benzene rings is 2. The summed E-state index contributed by atoms with van der Waals surface area (Å²) in [5.74, 6) is -0.891. The SMILES string of the molecule is CN(Cc1ccc2c(Cl)cnc(Cl)c2c1)C(C(=O)O)c1ccccc1. The van der Waals surface area contributed by atoms with Gasteiger partial charge < -0.3 is 5.11 Å². The van der Waals surface area contributed by atoms with E-state index in [1.165, 1.54) is 6.20 Å². The summed E-state index contributed by atoms with van der Waals surface area (Å²) in [7, 11) is 1.79. The molecular formula is C19H16Cl2N2O2. The fraction of sp³-hybridized carbons (Fsp3) is 0.158. The third kappa shape index (κ3) is 3.76. The summed E-state index contributed by atoms with van der Waals surface area (Å²) >= 11 is 12.3. The maximum atomic E-state index is 11.8. The van der Waals surface area contributed by atoms with Crippen molar-refractivity contribution < 1.29 is 9.90 Å². The highest BCUT2D eigenvalue weighted by molar-refractivity contribution is 6.39. The van der Waals surface area contributed by atoms with E-state index in [2.05, 4.69) is 4.98 Å². The topological polar surface area (TPSA) is 53.4 Å². The lowest BCUT2D eigenvalue weighted by atomic mass is 10.0. The number of aromatic nitrogens is 1. The van der Waals surface area contributed by atoms with Gasteiger partial charge >= 0.3 is 5.97 Å². The highest BCUT2D eigenvalue weighted by atomic mass is 35.5. The number of carboxylic acids is 1. The predicted octanol–water partition coefficient (Wildman–Crippen LogP) is 4.80. The van der Waals surface area contributed by atoms with Crippen LogP contribution in [0.4, 0.5) is 0 Å². The van der Waals surface area contributed by atoms with Crippen LogP contribution in [-0.2, 0) is 11.3 Å². The Kier molecular flexibility index (Phi) is 5.23. The molecule has 4 nitrogen and oxygen atoms in total. The van der Waals surface area contributed by atoms with Crippen LogP contribution in [0.5, 0.6) is 0 Å². The van der Waals surface area contributed by atoms with Crippen LogP contribution in [0.25, 0.3) is 10.8 Å². The van der Waals surface area contributed by atoms with Crippen LogP contribution in [0, 0.1) is 0 Å². The normalized spacial score (nSPS) is 12.5. The highest BCUT2D eigenvalue weighted by Crippen LogP contribution is 2.29. The number of carbonyl (C=O) groups is 1. The molecule has 0 aliphatic heterocycles. The second-order valence-electron chi connectivity index (χ2n) is 5.84. The zero-order valence-corrected chi connectivity index (χ0v) is 15.0. The first-order valence-corrected chi connectivity index (χ1v) is 8.43. The lowest BCUT2D eigenvalue weighted by molar-refractivity contribution is -0.143. The van der Waals surface area contributed by atoms with Crippen LogP contribution >= 0.6 is 23.2 Å². The van der Waals surface area contributed by atoms with Crippen molar-refractivity contribution in [1.29, 1.82) is 0 Å². The molecule has 0 spiro atoms. The van der Waals surface area contributed by atoms with Gasteiger partial charge in [-0.2, -0.15) is 0 Å². The molecule has 0 fully saturated rings. The minimum absolute atomic E-state index is 0.377. The summed E-state index contributed by atoms with van der Waals surface area (Å²) < 4.78 is 0. The molecule has 1 atom stereocenters. The van der Waals surface area contributed by atoms with Gasteiger partial charge in [-0.15, -0.1) is 0 Å². The van der Waals surface area contributed by atoms with Crippen molar-refractivity contribution in [3.05, 3.63) is 76.0 Å². The van der Waals surface area contributed by atoms with Gasteiger partial charge in [0, 0.05) is 23.5 Å². The third-order valence-corrected chi connectivity index (χ3v) is 4.68. The monoisotopic (exact) mass is 374 g/mol. The average Bonchev–Trinajstić information content (AvgIpc) is 2.59. The van der Waals surface area contributed by atoms with Crippen molar-refractivity contribution in [3.8, 4) is 0 Å². The van der Waals surface area contributed by atoms with Gasteiger partial charge in [0.05, 0.1) is 5.02 Å². The molecule has 0 radical (unpaired) electrons. The number of aliphatic carboxylic acids is 1. The van der Waals surface area contributed by atoms with E-state index in [9.17, 15) is 9.90 Å². The molecule has 0 aliphatic rings. The van der Waals surface area contributed by atoms with Crippen LogP contribution < -0.4 is 0 Å². The molecule has 3 rings (SSSR count). The van der Waals surface area contributed by atoms with Gasteiger partial charge in [0.1, 0.15) is 11.2 Å². The van der Waals surface area contributed by atoms with Crippen LogP contribution in [-0.4, -0.2) is 28.0 Å². The first-order valence-electron chi connectivity index (χ1n) is 7.68. The van der Waals surface area contributed by atoms with E-state index in [4.69, 9.17) is 23.2 Å². The Hall–Kier alpha value is -2.14. The van der Waals surface area contributed by atoms with Crippen molar-refractivity contribution in [3.63, 3.8) is 0 Å². The molecule has 25 heavy (non-hydrogen) atoms. The van der Waals surface area contributed by atoms with E-state index in [0.717, 1.165) is 21.9 Å². The van der Waals surface area contributed by atoms with E-state index in [1.807, 2.05) is 48.5 Å². The minimum atomic E-state index is -0.891. The number of halogens is 2. The molecule has 0 aliphatic carbocycles. The van der Waals surface area contributed by atoms with E-state index in [0.29, 0.717) is 16.7 Å². The van der Waals surface area contributed by atoms with Crippen LogP contribution in [0.15, 0.2) is 54.7 Å². The standard InChI is InChI=1S/C19H16Cl2N2O2/c1-23(17(19(24)25)13-5-3-2-4-6-13)11-12-7-8-14-15(9-12)18(21)22-10-16(14)20/h2-10,17H,11H2,1H3,(H,24,25). The second kappa shape index (κ2) is 7.40. The number of hydrogen-bond acceptors (Lipinski definition) is 3. The quantitative estimate of drug-likeness (QED) is 0.651. The van der Waals surface area contributed by atoms with E-state index >= 15 is 0 Å². The molecule has 0 amide bonds. The maximum Gasteiger partial charge on any atom is 0.325 e. The average molecular weight is 375 g/mol. The van der Waals surface area contributed by atoms with Gasteiger partial charge in [-0.1, -0.05) is 65.7 Å². The lowest BCUT2D eigenvalue weighted by Crippen LogP contribution is -2.30. The van der Waals surface area contributed by atoms with E-state index in [1.54, 1.807) is 11.9 Å². The molecule has 0 saturated heterocycles. The van der Waals surface area contributed by atoms with Gasteiger partial charge in [-0.25, -0.2) is 4.98 Å². The summed E-state index contributed by atoms with van der Waals surface area (Å²) in [5, 5.41) is 12.1. The summed E-state index contributed by atoms with van der Waals surface area (Å²) in [4.78, 5) is 17.6. The van der Waals surface area contributed by atoms with Crippen molar-refractivity contribution >= 4 is 39.9 Å². The number of hydrogen-bond donors (Lipinski definition) is 1. The van der Waals surface area contributed by atoms with Crippen molar-refractivity contribution in [2.24, 2.45) is 0 Å². The smallest absolute Gasteiger partial charge is 0.325 e. The molecule has 1 heterocycles. The Morgan fingerprint density at radius 3 is 2.56 bits per heavy atom. The van der Waals surface area contributed by atoms with Crippen LogP contribution in [0.1, 0.15) is 17.2 Å². The first-order chi connectivity index (χ1) is 12.0. The fourth-order valence-corrected chi connectivity index (χ4v) is 3.34. The van der Waals surface area contributed by atoms with E-state index in [-0.39, 0.29) is 0 Å². The summed E-state index contributed by atoms with van der Waals surface area (Å²) in [5.41, 5.74) is 1.67. The number of pyridine rings is 1. The molecular weight excluding hydrogens is 359 g/mol. The van der Waals surface area contributed by atoms with E-state index < -0.39 is 12.0 Å². The number of rotatable bonds is 5. The van der Waals surface area contributed by atoms with Gasteiger partial charge in [0.2, 0.25) is 0 Å². The molecule has 2 aromatic carbocycles. The molecule has 1 N–H and O–H groups in total. The van der Waals surface area contributed by atoms with Crippen LogP contribution in [0.2, 0.25) is 10.2 Å². The zero-order valence-electron chi connectivity index (χ0n) is 13.5. The molecule has 1 unspecified atom stereocenters. The molecule has 128 valence electrons. The molecule has 6 heteroatoms. The van der Waals surface area contributed by atoms with Crippen molar-refractivity contribution in [2.45, 2.75) is 12.6 Å². The largest absolute Gasteiger partial charge is 0.480 e. The van der Waals surface area contributed by atoms with Gasteiger partial charge in [0.15, 0.2) is 0 Å². The summed E-state index contributed by atoms with van der Waals surface area (Å²) in [6.45, 7) is 0.449.